The lowest BCUT2D eigenvalue weighted by Crippen LogP contribution is -2.03. The van der Waals surface area contributed by atoms with Crippen LogP contribution < -0.4 is 0 Å². The largest absolute Gasteiger partial charge is 0.467 e. The molecule has 0 aromatic carbocycles. The van der Waals surface area contributed by atoms with E-state index >= 15 is 0 Å². The molecule has 20 heavy (non-hydrogen) atoms. The lowest BCUT2D eigenvalue weighted by atomic mass is 10.1. The standard InChI is InChI=1S/C16H18N2OS/c1-10-8-15(16-12(3)20-13(4)17-16)11(2)18(10)9-14-6-5-7-19-14/h5-8H,9H2,1-4H3. The molecule has 0 saturated carbocycles. The molecule has 4 heteroatoms. The van der Waals surface area contributed by atoms with Crippen LogP contribution in [0.5, 0.6) is 0 Å². The summed E-state index contributed by atoms with van der Waals surface area (Å²) in [6, 6.07) is 6.16. The molecular weight excluding hydrogens is 268 g/mol. The van der Waals surface area contributed by atoms with E-state index in [0.717, 1.165) is 23.0 Å². The zero-order valence-corrected chi connectivity index (χ0v) is 13.0. The number of hydrogen-bond donors (Lipinski definition) is 0. The molecule has 0 aliphatic heterocycles. The maximum atomic E-state index is 5.46. The summed E-state index contributed by atoms with van der Waals surface area (Å²) in [6.45, 7) is 9.25. The van der Waals surface area contributed by atoms with Crippen molar-refractivity contribution in [2.45, 2.75) is 34.2 Å². The molecule has 3 rings (SSSR count). The molecule has 0 bridgehead atoms. The third-order valence-corrected chi connectivity index (χ3v) is 4.51. The van der Waals surface area contributed by atoms with Crippen LogP contribution >= 0.6 is 11.3 Å². The van der Waals surface area contributed by atoms with E-state index in [9.17, 15) is 0 Å². The zero-order chi connectivity index (χ0) is 14.3. The topological polar surface area (TPSA) is 31.0 Å². The molecule has 3 nitrogen and oxygen atoms in total. The van der Waals surface area contributed by atoms with Crippen molar-refractivity contribution in [1.29, 1.82) is 0 Å². The van der Waals surface area contributed by atoms with Crippen molar-refractivity contribution in [3.05, 3.63) is 51.5 Å². The normalized spacial score (nSPS) is 11.2. The van der Waals surface area contributed by atoms with Gasteiger partial charge in [-0.2, -0.15) is 0 Å². The van der Waals surface area contributed by atoms with Gasteiger partial charge in [-0.15, -0.1) is 11.3 Å². The van der Waals surface area contributed by atoms with E-state index in [1.165, 1.54) is 21.8 Å². The number of furan rings is 1. The lowest BCUT2D eigenvalue weighted by Gasteiger charge is -2.07. The number of nitrogens with zero attached hydrogens (tertiary/aromatic N) is 2. The highest BCUT2D eigenvalue weighted by atomic mass is 32.1. The number of aryl methyl sites for hydroxylation is 3. The second-order valence-electron chi connectivity index (χ2n) is 5.09. The molecule has 0 aliphatic carbocycles. The van der Waals surface area contributed by atoms with E-state index in [-0.39, 0.29) is 0 Å². The van der Waals surface area contributed by atoms with E-state index in [4.69, 9.17) is 4.42 Å². The average Bonchev–Trinajstić information content (AvgIpc) is 3.07. The molecule has 3 heterocycles. The van der Waals surface area contributed by atoms with Crippen molar-refractivity contribution in [3.8, 4) is 11.3 Å². The Morgan fingerprint density at radius 3 is 2.65 bits per heavy atom. The Bertz CT molecular complexity index is 735. The van der Waals surface area contributed by atoms with Gasteiger partial charge in [-0.05, 0) is 45.9 Å². The minimum atomic E-state index is 0.771. The van der Waals surface area contributed by atoms with Gasteiger partial charge in [-0.25, -0.2) is 4.98 Å². The number of thiazole rings is 1. The third-order valence-electron chi connectivity index (χ3n) is 3.63. The van der Waals surface area contributed by atoms with Crippen LogP contribution in [-0.2, 0) is 6.54 Å². The predicted octanol–water partition coefficient (Wildman–Crippen LogP) is 4.49. The van der Waals surface area contributed by atoms with Crippen LogP contribution in [0.2, 0.25) is 0 Å². The van der Waals surface area contributed by atoms with Crippen molar-refractivity contribution in [1.82, 2.24) is 9.55 Å². The molecule has 0 aliphatic rings. The van der Waals surface area contributed by atoms with Crippen LogP contribution in [0.1, 0.15) is 27.0 Å². The fraction of sp³-hybridized carbons (Fsp3) is 0.312. The van der Waals surface area contributed by atoms with Gasteiger partial charge < -0.3 is 8.98 Å². The molecule has 0 amide bonds. The van der Waals surface area contributed by atoms with Crippen LogP contribution in [0.25, 0.3) is 11.3 Å². The summed E-state index contributed by atoms with van der Waals surface area (Å²) in [5.41, 5.74) is 4.83. The fourth-order valence-electron chi connectivity index (χ4n) is 2.62. The lowest BCUT2D eigenvalue weighted by molar-refractivity contribution is 0.489. The van der Waals surface area contributed by atoms with E-state index < -0.39 is 0 Å². The summed E-state index contributed by atoms with van der Waals surface area (Å²) in [7, 11) is 0. The Balaban J connectivity index is 2.04. The zero-order valence-electron chi connectivity index (χ0n) is 12.2. The Morgan fingerprint density at radius 2 is 2.05 bits per heavy atom. The summed E-state index contributed by atoms with van der Waals surface area (Å²) >= 11 is 1.75. The number of aromatic nitrogens is 2. The van der Waals surface area contributed by atoms with E-state index in [1.807, 2.05) is 12.1 Å². The fourth-order valence-corrected chi connectivity index (χ4v) is 3.45. The molecule has 104 valence electrons. The molecule has 0 spiro atoms. The Hall–Kier alpha value is -1.81. The minimum absolute atomic E-state index is 0.771. The van der Waals surface area contributed by atoms with E-state index in [0.29, 0.717) is 0 Å². The van der Waals surface area contributed by atoms with Gasteiger partial charge in [-0.1, -0.05) is 0 Å². The molecular formula is C16H18N2OS. The van der Waals surface area contributed by atoms with Crippen molar-refractivity contribution in [3.63, 3.8) is 0 Å². The van der Waals surface area contributed by atoms with Crippen molar-refractivity contribution < 1.29 is 4.42 Å². The van der Waals surface area contributed by atoms with Gasteiger partial charge in [0.2, 0.25) is 0 Å². The average molecular weight is 286 g/mol. The first-order chi connectivity index (χ1) is 9.56. The van der Waals surface area contributed by atoms with Gasteiger partial charge in [0.05, 0.1) is 23.5 Å². The Labute approximate surface area is 122 Å². The Kier molecular flexibility index (Phi) is 3.26. The van der Waals surface area contributed by atoms with Gasteiger partial charge in [0.1, 0.15) is 5.76 Å². The molecule has 0 unspecified atom stereocenters. The van der Waals surface area contributed by atoms with Crippen LogP contribution in [0.15, 0.2) is 28.9 Å². The minimum Gasteiger partial charge on any atom is -0.467 e. The Morgan fingerprint density at radius 1 is 1.25 bits per heavy atom. The van der Waals surface area contributed by atoms with Crippen LogP contribution in [-0.4, -0.2) is 9.55 Å². The van der Waals surface area contributed by atoms with Crippen molar-refractivity contribution in [2.75, 3.05) is 0 Å². The van der Waals surface area contributed by atoms with Crippen molar-refractivity contribution >= 4 is 11.3 Å². The first-order valence-electron chi connectivity index (χ1n) is 6.69. The first kappa shape index (κ1) is 13.2. The van der Waals surface area contributed by atoms with Gasteiger partial charge in [0.15, 0.2) is 0 Å². The maximum Gasteiger partial charge on any atom is 0.123 e. The summed E-state index contributed by atoms with van der Waals surface area (Å²) in [5, 5.41) is 1.12. The molecule has 0 N–H and O–H groups in total. The highest BCUT2D eigenvalue weighted by Gasteiger charge is 2.16. The predicted molar refractivity (Wildman–Crippen MR) is 82.3 cm³/mol. The van der Waals surface area contributed by atoms with E-state index in [2.05, 4.69) is 43.3 Å². The molecule has 0 radical (unpaired) electrons. The van der Waals surface area contributed by atoms with Crippen LogP contribution in [0.4, 0.5) is 0 Å². The van der Waals surface area contributed by atoms with Gasteiger partial charge >= 0.3 is 0 Å². The summed E-state index contributed by atoms with van der Waals surface area (Å²) in [6.07, 6.45) is 1.72. The number of hydrogen-bond acceptors (Lipinski definition) is 3. The molecule has 0 atom stereocenters. The van der Waals surface area contributed by atoms with Gasteiger partial charge in [0.25, 0.3) is 0 Å². The van der Waals surface area contributed by atoms with Crippen molar-refractivity contribution in [2.24, 2.45) is 0 Å². The monoisotopic (exact) mass is 286 g/mol. The molecule has 0 fully saturated rings. The summed E-state index contributed by atoms with van der Waals surface area (Å²) in [4.78, 5) is 5.95. The highest BCUT2D eigenvalue weighted by Crippen LogP contribution is 2.32. The van der Waals surface area contributed by atoms with Crippen LogP contribution in [0, 0.1) is 27.7 Å². The quantitative estimate of drug-likeness (QED) is 0.710. The summed E-state index contributed by atoms with van der Waals surface area (Å²) in [5.74, 6) is 0.976. The van der Waals surface area contributed by atoms with Crippen LogP contribution in [0.3, 0.4) is 0 Å². The summed E-state index contributed by atoms with van der Waals surface area (Å²) < 4.78 is 7.74. The SMILES string of the molecule is Cc1nc(-c2cc(C)n(Cc3ccco3)c2C)c(C)s1. The molecule has 0 saturated heterocycles. The second-order valence-corrected chi connectivity index (χ2v) is 6.50. The number of rotatable bonds is 3. The van der Waals surface area contributed by atoms with E-state index in [1.54, 1.807) is 17.6 Å². The second kappa shape index (κ2) is 4.94. The molecule has 3 aromatic rings. The first-order valence-corrected chi connectivity index (χ1v) is 7.51. The smallest absolute Gasteiger partial charge is 0.123 e. The van der Waals surface area contributed by atoms with Gasteiger partial charge in [-0.3, -0.25) is 0 Å². The maximum absolute atomic E-state index is 5.46. The highest BCUT2D eigenvalue weighted by molar-refractivity contribution is 7.11. The molecule has 3 aromatic heterocycles. The van der Waals surface area contributed by atoms with Gasteiger partial charge in [0, 0.05) is 21.8 Å². The third kappa shape index (κ3) is 2.20.